The summed E-state index contributed by atoms with van der Waals surface area (Å²) in [5.41, 5.74) is 11.8. The molecular weight excluding hydrogens is 346 g/mol. The van der Waals surface area contributed by atoms with Gasteiger partial charge in [0.15, 0.2) is 0 Å². The number of rotatable bonds is 5. The molecule has 134 valence electrons. The van der Waals surface area contributed by atoms with Crippen LogP contribution in [0.15, 0.2) is 54.6 Å². The molecule has 0 aliphatic carbocycles. The van der Waals surface area contributed by atoms with Gasteiger partial charge in [-0.15, -0.1) is 12.4 Å². The number of carbonyl (C=O) groups is 2. The van der Waals surface area contributed by atoms with Crippen molar-refractivity contribution in [2.24, 2.45) is 5.73 Å². The number of nitrogens with two attached hydrogens (primary N) is 1. The predicted octanol–water partition coefficient (Wildman–Crippen LogP) is 1.64. The second-order valence-electron chi connectivity index (χ2n) is 5.15. The first-order chi connectivity index (χ1) is 11.5. The van der Waals surface area contributed by atoms with Crippen LogP contribution in [-0.4, -0.2) is 23.1 Å². The van der Waals surface area contributed by atoms with Crippen molar-refractivity contribution in [3.05, 3.63) is 65.7 Å². The number of hydrazine groups is 1. The summed E-state index contributed by atoms with van der Waals surface area (Å²) >= 11 is 0. The van der Waals surface area contributed by atoms with Crippen molar-refractivity contribution in [1.82, 2.24) is 10.9 Å². The van der Waals surface area contributed by atoms with Crippen LogP contribution in [0.25, 0.3) is 0 Å². The van der Waals surface area contributed by atoms with Crippen LogP contribution in [0, 0.1) is 0 Å². The van der Waals surface area contributed by atoms with Gasteiger partial charge in [0.1, 0.15) is 12.4 Å². The van der Waals surface area contributed by atoms with E-state index in [-0.39, 0.29) is 31.2 Å². The molecule has 2 amide bonds. The van der Waals surface area contributed by atoms with Gasteiger partial charge in [-0.05, 0) is 29.7 Å². The highest BCUT2D eigenvalue weighted by Gasteiger charge is 2.15. The summed E-state index contributed by atoms with van der Waals surface area (Å²) in [5.74, 6) is -0.403. The van der Waals surface area contributed by atoms with Gasteiger partial charge in [-0.1, -0.05) is 42.5 Å². The van der Waals surface area contributed by atoms with Gasteiger partial charge in [0.05, 0.1) is 6.04 Å². The Morgan fingerprint density at radius 2 is 1.64 bits per heavy atom. The molecule has 0 aliphatic heterocycles. The molecule has 0 radical (unpaired) electrons. The second kappa shape index (κ2) is 10.2. The Kier molecular flexibility index (Phi) is 8.25. The molecule has 5 N–H and O–H groups in total. The number of aromatic hydroxyl groups is 1. The molecule has 0 saturated carbocycles. The summed E-state index contributed by atoms with van der Waals surface area (Å²) in [6.45, 7) is 0.0993. The van der Waals surface area contributed by atoms with Gasteiger partial charge in [0.25, 0.3) is 5.91 Å². The Bertz CT molecular complexity index is 680. The van der Waals surface area contributed by atoms with E-state index < -0.39 is 18.0 Å². The first kappa shape index (κ1) is 20.3. The Hall–Kier alpha value is -2.77. The van der Waals surface area contributed by atoms with Crippen LogP contribution in [0.4, 0.5) is 4.79 Å². The third-order valence-corrected chi connectivity index (χ3v) is 3.23. The number of phenols is 1. The lowest BCUT2D eigenvalue weighted by molar-refractivity contribution is -0.123. The summed E-state index contributed by atoms with van der Waals surface area (Å²) in [6.07, 6.45) is -0.503. The van der Waals surface area contributed by atoms with Crippen LogP contribution in [0.2, 0.25) is 0 Å². The molecular formula is C17H20ClN3O4. The lowest BCUT2D eigenvalue weighted by atomic mass is 10.1. The molecule has 0 spiro atoms. The minimum absolute atomic E-state index is 0. The highest BCUT2D eigenvalue weighted by molar-refractivity contribution is 5.85. The van der Waals surface area contributed by atoms with Crippen LogP contribution in [0.5, 0.6) is 5.75 Å². The van der Waals surface area contributed by atoms with Crippen molar-refractivity contribution >= 4 is 24.4 Å². The van der Waals surface area contributed by atoms with E-state index in [0.29, 0.717) is 0 Å². The van der Waals surface area contributed by atoms with E-state index in [1.165, 1.54) is 12.1 Å². The van der Waals surface area contributed by atoms with E-state index in [1.54, 1.807) is 12.1 Å². The maximum atomic E-state index is 11.8. The number of hydrogen-bond donors (Lipinski definition) is 4. The van der Waals surface area contributed by atoms with Crippen LogP contribution in [0.1, 0.15) is 11.1 Å². The first-order valence-corrected chi connectivity index (χ1v) is 7.34. The van der Waals surface area contributed by atoms with Crippen molar-refractivity contribution in [2.45, 2.75) is 19.1 Å². The normalized spacial score (nSPS) is 10.9. The Morgan fingerprint density at radius 1 is 1.00 bits per heavy atom. The molecule has 25 heavy (non-hydrogen) atoms. The van der Waals surface area contributed by atoms with E-state index in [9.17, 15) is 14.7 Å². The summed E-state index contributed by atoms with van der Waals surface area (Å²) in [5, 5.41) is 9.21. The maximum Gasteiger partial charge on any atom is 0.426 e. The Morgan fingerprint density at radius 3 is 2.28 bits per heavy atom. The molecule has 2 aromatic rings. The average molecular weight is 366 g/mol. The highest BCUT2D eigenvalue weighted by Crippen LogP contribution is 2.10. The number of phenolic OH excluding ortho intramolecular Hbond substituents is 1. The lowest BCUT2D eigenvalue weighted by Gasteiger charge is -2.13. The molecule has 7 nitrogen and oxygen atoms in total. The van der Waals surface area contributed by atoms with E-state index in [4.69, 9.17) is 10.5 Å². The minimum atomic E-state index is -0.844. The van der Waals surface area contributed by atoms with Crippen LogP contribution < -0.4 is 16.6 Å². The summed E-state index contributed by atoms with van der Waals surface area (Å²) in [4.78, 5) is 23.4. The quantitative estimate of drug-likeness (QED) is 0.601. The molecule has 0 bridgehead atoms. The topological polar surface area (TPSA) is 114 Å². The van der Waals surface area contributed by atoms with Crippen LogP contribution in [-0.2, 0) is 22.6 Å². The van der Waals surface area contributed by atoms with Crippen LogP contribution >= 0.6 is 12.4 Å². The van der Waals surface area contributed by atoms with Gasteiger partial charge < -0.3 is 15.6 Å². The molecule has 1 atom stereocenters. The fourth-order valence-corrected chi connectivity index (χ4v) is 1.94. The molecule has 0 saturated heterocycles. The number of ether oxygens (including phenoxy) is 1. The molecule has 0 fully saturated rings. The highest BCUT2D eigenvalue weighted by atomic mass is 35.5. The van der Waals surface area contributed by atoms with Gasteiger partial charge in [-0.25, -0.2) is 10.2 Å². The molecule has 0 aromatic heterocycles. The van der Waals surface area contributed by atoms with E-state index in [0.717, 1.165) is 11.1 Å². The first-order valence-electron chi connectivity index (χ1n) is 7.34. The molecule has 2 aromatic carbocycles. The Labute approximate surface area is 151 Å². The summed E-state index contributed by atoms with van der Waals surface area (Å²) in [6, 6.07) is 14.7. The Balaban J connectivity index is 0.00000312. The molecule has 8 heteroatoms. The number of nitrogens with one attached hydrogen (secondary N) is 2. The zero-order valence-electron chi connectivity index (χ0n) is 13.3. The number of benzene rings is 2. The van der Waals surface area contributed by atoms with E-state index in [1.807, 2.05) is 30.3 Å². The molecule has 0 heterocycles. The SMILES string of the molecule is Cl.N[C@@H](Cc1ccc(O)cc1)C(=O)NNC(=O)OCc1ccccc1. The minimum Gasteiger partial charge on any atom is -0.508 e. The molecule has 0 unspecified atom stereocenters. The smallest absolute Gasteiger partial charge is 0.426 e. The number of hydrogen-bond acceptors (Lipinski definition) is 5. The largest absolute Gasteiger partial charge is 0.508 e. The fraction of sp³-hybridized carbons (Fsp3) is 0.176. The maximum absolute atomic E-state index is 11.8. The van der Waals surface area contributed by atoms with E-state index >= 15 is 0 Å². The van der Waals surface area contributed by atoms with E-state index in [2.05, 4.69) is 10.9 Å². The van der Waals surface area contributed by atoms with Gasteiger partial charge in [0, 0.05) is 0 Å². The summed E-state index contributed by atoms with van der Waals surface area (Å²) in [7, 11) is 0. The average Bonchev–Trinajstić information content (AvgIpc) is 2.60. The van der Waals surface area contributed by atoms with Gasteiger partial charge in [0.2, 0.25) is 0 Å². The van der Waals surface area contributed by atoms with Gasteiger partial charge in [-0.2, -0.15) is 0 Å². The second-order valence-corrected chi connectivity index (χ2v) is 5.15. The molecule has 0 aliphatic rings. The number of amides is 2. The summed E-state index contributed by atoms with van der Waals surface area (Å²) < 4.78 is 4.96. The van der Waals surface area contributed by atoms with Crippen molar-refractivity contribution in [2.75, 3.05) is 0 Å². The van der Waals surface area contributed by atoms with Crippen molar-refractivity contribution < 1.29 is 19.4 Å². The van der Waals surface area contributed by atoms with Gasteiger partial charge in [-0.3, -0.25) is 10.2 Å². The third-order valence-electron chi connectivity index (χ3n) is 3.23. The third kappa shape index (κ3) is 7.11. The fourth-order valence-electron chi connectivity index (χ4n) is 1.94. The predicted molar refractivity (Wildman–Crippen MR) is 94.9 cm³/mol. The van der Waals surface area contributed by atoms with Crippen molar-refractivity contribution in [1.29, 1.82) is 0 Å². The molecule has 2 rings (SSSR count). The standard InChI is InChI=1S/C17H19N3O4.ClH/c18-15(10-12-6-8-14(21)9-7-12)16(22)19-20-17(23)24-11-13-4-2-1-3-5-13;/h1-9,15,21H,10-11,18H2,(H,19,22)(H,20,23);1H/t15-;/m0./s1. The van der Waals surface area contributed by atoms with Crippen LogP contribution in [0.3, 0.4) is 0 Å². The zero-order valence-corrected chi connectivity index (χ0v) is 14.2. The zero-order chi connectivity index (χ0) is 17.4. The van der Waals surface area contributed by atoms with Crippen molar-refractivity contribution in [3.8, 4) is 5.75 Å². The number of carbonyl (C=O) groups excluding carboxylic acids is 2. The van der Waals surface area contributed by atoms with Gasteiger partial charge >= 0.3 is 6.09 Å². The van der Waals surface area contributed by atoms with Crippen molar-refractivity contribution in [3.63, 3.8) is 0 Å². The lowest BCUT2D eigenvalue weighted by Crippen LogP contribution is -2.50. The monoisotopic (exact) mass is 365 g/mol. The number of halogens is 1.